The number of aromatic amines is 1. The molecule has 38 heavy (non-hydrogen) atoms. The number of amides is 6. The number of hydrogen-bond donors (Lipinski definition) is 7. The van der Waals surface area contributed by atoms with Gasteiger partial charge in [0.15, 0.2) is 0 Å². The smallest absolute Gasteiger partial charge is 0.244 e. The molecule has 1 aliphatic rings. The van der Waals surface area contributed by atoms with Gasteiger partial charge >= 0.3 is 0 Å². The summed E-state index contributed by atoms with van der Waals surface area (Å²) in [5.74, 6) is -3.89. The van der Waals surface area contributed by atoms with Crippen molar-refractivity contribution in [3.05, 3.63) is 18.2 Å². The Morgan fingerprint density at radius 1 is 1.03 bits per heavy atom. The second-order valence-corrected chi connectivity index (χ2v) is 11.6. The van der Waals surface area contributed by atoms with Crippen LogP contribution in [0, 0.1) is 5.92 Å². The molecule has 0 aromatic carbocycles. The molecule has 14 nitrogen and oxygen atoms in total. The van der Waals surface area contributed by atoms with Crippen LogP contribution in [0.1, 0.15) is 33.4 Å². The van der Waals surface area contributed by atoms with Crippen molar-refractivity contribution in [1.82, 2.24) is 36.6 Å². The molecule has 5 atom stereocenters. The van der Waals surface area contributed by atoms with Gasteiger partial charge in [-0.25, -0.2) is 4.98 Å². The van der Waals surface area contributed by atoms with Crippen molar-refractivity contribution in [1.29, 1.82) is 0 Å². The maximum absolute atomic E-state index is 13.1. The Morgan fingerprint density at radius 2 is 1.71 bits per heavy atom. The van der Waals surface area contributed by atoms with Crippen molar-refractivity contribution >= 4 is 57.0 Å². The molecule has 0 unspecified atom stereocenters. The molecule has 1 saturated heterocycles. The maximum atomic E-state index is 13.1. The molecule has 1 aliphatic heterocycles. The van der Waals surface area contributed by atoms with Crippen LogP contribution in [0.4, 0.5) is 0 Å². The van der Waals surface area contributed by atoms with Crippen molar-refractivity contribution in [3.8, 4) is 0 Å². The zero-order valence-corrected chi connectivity index (χ0v) is 23.2. The maximum Gasteiger partial charge on any atom is 0.244 e. The summed E-state index contributed by atoms with van der Waals surface area (Å²) in [6.07, 6.45) is 2.96. The van der Waals surface area contributed by atoms with E-state index in [1.54, 1.807) is 13.8 Å². The zero-order chi connectivity index (χ0) is 28.4. The average Bonchev–Trinajstić information content (AvgIpc) is 3.34. The molecule has 1 fully saturated rings. The number of imidazole rings is 1. The lowest BCUT2D eigenvalue weighted by molar-refractivity contribution is -0.135. The van der Waals surface area contributed by atoms with Crippen molar-refractivity contribution in [3.63, 3.8) is 0 Å². The van der Waals surface area contributed by atoms with E-state index < -0.39 is 65.7 Å². The molecule has 2 rings (SSSR count). The van der Waals surface area contributed by atoms with Gasteiger partial charge in [0.25, 0.3) is 0 Å². The summed E-state index contributed by atoms with van der Waals surface area (Å²) in [6, 6.07) is -5.23. The molecule has 0 saturated carbocycles. The summed E-state index contributed by atoms with van der Waals surface area (Å²) < 4.78 is 0. The Hall–Kier alpha value is -3.27. The van der Waals surface area contributed by atoms with E-state index in [9.17, 15) is 28.8 Å². The molecular formula is C22H34N8O6S2. The van der Waals surface area contributed by atoms with Crippen LogP contribution in [0.2, 0.25) is 0 Å². The molecule has 0 aliphatic carbocycles. The van der Waals surface area contributed by atoms with Crippen LogP contribution in [0.3, 0.4) is 0 Å². The molecule has 0 radical (unpaired) electrons. The van der Waals surface area contributed by atoms with E-state index in [-0.39, 0.29) is 23.8 Å². The molecule has 8 N–H and O–H groups in total. The van der Waals surface area contributed by atoms with Crippen molar-refractivity contribution in [2.45, 2.75) is 64.3 Å². The van der Waals surface area contributed by atoms with E-state index in [0.29, 0.717) is 5.69 Å². The van der Waals surface area contributed by atoms with Crippen LogP contribution in [0.15, 0.2) is 12.5 Å². The highest BCUT2D eigenvalue weighted by atomic mass is 33.1. The monoisotopic (exact) mass is 570 g/mol. The zero-order valence-electron chi connectivity index (χ0n) is 21.5. The number of nitrogens with two attached hydrogens (primary N) is 1. The van der Waals surface area contributed by atoms with Crippen LogP contribution < -0.4 is 32.3 Å². The Bertz CT molecular complexity index is 1020. The number of carbonyl (C=O) groups excluding carboxylic acids is 6. The first-order valence-electron chi connectivity index (χ1n) is 11.9. The molecule has 1 aromatic rings. The van der Waals surface area contributed by atoms with Crippen LogP contribution in [0.5, 0.6) is 0 Å². The summed E-state index contributed by atoms with van der Waals surface area (Å²) in [5, 5.41) is 12.9. The third-order valence-corrected chi connectivity index (χ3v) is 7.94. The highest BCUT2D eigenvalue weighted by Crippen LogP contribution is 2.23. The van der Waals surface area contributed by atoms with Gasteiger partial charge in [-0.3, -0.25) is 28.8 Å². The van der Waals surface area contributed by atoms with E-state index >= 15 is 0 Å². The van der Waals surface area contributed by atoms with Crippen LogP contribution in [-0.2, 0) is 35.2 Å². The summed E-state index contributed by atoms with van der Waals surface area (Å²) >= 11 is 0. The van der Waals surface area contributed by atoms with E-state index in [1.807, 2.05) is 0 Å². The van der Waals surface area contributed by atoms with Gasteiger partial charge in [-0.05, 0) is 12.8 Å². The van der Waals surface area contributed by atoms with Gasteiger partial charge in [0.1, 0.15) is 30.2 Å². The summed E-state index contributed by atoms with van der Waals surface area (Å²) in [6.45, 7) is 6.13. The number of primary amides is 1. The van der Waals surface area contributed by atoms with Gasteiger partial charge in [-0.15, -0.1) is 0 Å². The SMILES string of the molecule is CC(=O)N[C@@H]1CSSC[C@H](C(N)=O)NC(=O)[C@H](C(C)C)NC(=O)[C@@H](C)NC(=O)[C@H](Cc2cnc[nH]2)NC1=O. The van der Waals surface area contributed by atoms with Gasteiger partial charge in [-0.2, -0.15) is 0 Å². The lowest BCUT2D eigenvalue weighted by Crippen LogP contribution is -2.59. The molecule has 1 aromatic heterocycles. The highest BCUT2D eigenvalue weighted by Gasteiger charge is 2.32. The predicted molar refractivity (Wildman–Crippen MR) is 142 cm³/mol. The minimum atomic E-state index is -1.11. The third-order valence-electron chi connectivity index (χ3n) is 5.52. The molecular weight excluding hydrogens is 536 g/mol. The van der Waals surface area contributed by atoms with E-state index in [2.05, 4.69) is 36.6 Å². The molecule has 210 valence electrons. The Labute approximate surface area is 227 Å². The Morgan fingerprint density at radius 3 is 2.29 bits per heavy atom. The highest BCUT2D eigenvalue weighted by molar-refractivity contribution is 8.76. The lowest BCUT2D eigenvalue weighted by atomic mass is 10.0. The summed E-state index contributed by atoms with van der Waals surface area (Å²) in [7, 11) is 2.35. The number of aromatic nitrogens is 2. The fraction of sp³-hybridized carbons (Fsp3) is 0.591. The first-order valence-corrected chi connectivity index (χ1v) is 14.4. The molecule has 6 amide bonds. The molecule has 2 heterocycles. The van der Waals surface area contributed by atoms with Gasteiger partial charge in [0.2, 0.25) is 35.4 Å². The Kier molecular flexibility index (Phi) is 11.9. The number of carbonyl (C=O) groups is 6. The second kappa shape index (κ2) is 14.6. The van der Waals surface area contributed by atoms with Crippen molar-refractivity contribution in [2.75, 3.05) is 11.5 Å². The quantitative estimate of drug-likeness (QED) is 0.194. The predicted octanol–water partition coefficient (Wildman–Crippen LogP) is -2.05. The van der Waals surface area contributed by atoms with Crippen LogP contribution >= 0.6 is 21.6 Å². The molecule has 16 heteroatoms. The van der Waals surface area contributed by atoms with Gasteiger partial charge in [0.05, 0.1) is 6.33 Å². The average molecular weight is 571 g/mol. The number of nitrogens with zero attached hydrogens (tertiary/aromatic N) is 1. The topological polar surface area (TPSA) is 217 Å². The minimum absolute atomic E-state index is 0.0396. The van der Waals surface area contributed by atoms with Crippen LogP contribution in [0.25, 0.3) is 0 Å². The van der Waals surface area contributed by atoms with E-state index in [1.165, 1.54) is 48.0 Å². The summed E-state index contributed by atoms with van der Waals surface area (Å²) in [5.41, 5.74) is 6.02. The minimum Gasteiger partial charge on any atom is -0.368 e. The van der Waals surface area contributed by atoms with Gasteiger partial charge in [-0.1, -0.05) is 35.4 Å². The summed E-state index contributed by atoms with van der Waals surface area (Å²) in [4.78, 5) is 82.6. The first-order chi connectivity index (χ1) is 17.9. The molecule has 0 spiro atoms. The largest absolute Gasteiger partial charge is 0.368 e. The number of nitrogens with one attached hydrogen (secondary N) is 6. The number of rotatable bonds is 5. The number of hydrogen-bond acceptors (Lipinski definition) is 9. The normalized spacial score (nSPS) is 26.4. The second-order valence-electron chi connectivity index (χ2n) is 9.09. The first kappa shape index (κ1) is 31.0. The standard InChI is InChI=1S/C22H34N8O6S2/c1-10(2)17-22(36)29-15(18(23)32)7-37-38-8-16(27-12(4)31)21(35)28-14(5-13-6-24-9-25-13)20(34)26-11(3)19(33)30-17/h6,9-11,14-17H,5,7-8H2,1-4H3,(H2,23,32)(H,24,25)(H,26,34)(H,27,31)(H,28,35)(H,29,36)(H,30,33)/t11-,14+,15-,16-,17+/m1/s1. The van der Waals surface area contributed by atoms with E-state index in [4.69, 9.17) is 5.73 Å². The van der Waals surface area contributed by atoms with E-state index in [0.717, 1.165) is 0 Å². The van der Waals surface area contributed by atoms with Crippen molar-refractivity contribution < 1.29 is 28.8 Å². The van der Waals surface area contributed by atoms with Crippen molar-refractivity contribution in [2.24, 2.45) is 11.7 Å². The van der Waals surface area contributed by atoms with Gasteiger partial charge < -0.3 is 37.3 Å². The Balaban J connectivity index is 2.36. The fourth-order valence-corrected chi connectivity index (χ4v) is 5.75. The number of H-pyrrole nitrogens is 1. The molecule has 0 bridgehead atoms. The lowest BCUT2D eigenvalue weighted by Gasteiger charge is -2.26. The van der Waals surface area contributed by atoms with Gasteiger partial charge in [0, 0.05) is 36.7 Å². The fourth-order valence-electron chi connectivity index (χ4n) is 3.41. The third kappa shape index (κ3) is 9.55. The van der Waals surface area contributed by atoms with Crippen LogP contribution in [-0.4, -0.2) is 87.1 Å².